The molecule has 2 aliphatic rings. The lowest BCUT2D eigenvalue weighted by atomic mass is 10.1. The van der Waals surface area contributed by atoms with Gasteiger partial charge in [-0.25, -0.2) is 0 Å². The predicted octanol–water partition coefficient (Wildman–Crippen LogP) is 2.57. The highest BCUT2D eigenvalue weighted by Gasteiger charge is 2.33. The molecule has 1 aromatic rings. The number of nitrogens with zero attached hydrogens (tertiary/aromatic N) is 1. The Morgan fingerprint density at radius 2 is 1.90 bits per heavy atom. The third-order valence-electron chi connectivity index (χ3n) is 4.18. The van der Waals surface area contributed by atoms with Crippen molar-refractivity contribution in [3.63, 3.8) is 0 Å². The van der Waals surface area contributed by atoms with Crippen molar-refractivity contribution in [2.75, 3.05) is 19.7 Å². The molecule has 2 saturated carbocycles. The summed E-state index contributed by atoms with van der Waals surface area (Å²) in [5, 5.41) is 8.74. The van der Waals surface area contributed by atoms with Gasteiger partial charge in [-0.2, -0.15) is 0 Å². The molecule has 0 aliphatic heterocycles. The number of carbonyl (C=O) groups is 1. The van der Waals surface area contributed by atoms with Crippen LogP contribution in [0.15, 0.2) is 24.3 Å². The van der Waals surface area contributed by atoms with Crippen molar-refractivity contribution in [3.8, 4) is 5.75 Å². The van der Waals surface area contributed by atoms with Crippen LogP contribution in [0.3, 0.4) is 0 Å². The molecular weight excluding hydrogens is 266 g/mol. The summed E-state index contributed by atoms with van der Waals surface area (Å²) in [4.78, 5) is 13.2. The van der Waals surface area contributed by atoms with E-state index in [0.717, 1.165) is 29.8 Å². The third-order valence-corrected chi connectivity index (χ3v) is 4.18. The van der Waals surface area contributed by atoms with E-state index in [9.17, 15) is 4.79 Å². The summed E-state index contributed by atoms with van der Waals surface area (Å²) in [6.45, 7) is 2.95. The summed E-state index contributed by atoms with van der Waals surface area (Å²) in [6.07, 6.45) is 5.55. The summed E-state index contributed by atoms with van der Waals surface area (Å²) < 4.78 is 5.79. The third kappa shape index (κ3) is 4.74. The molecule has 0 unspecified atom stereocenters. The monoisotopic (exact) mass is 289 g/mol. The van der Waals surface area contributed by atoms with Crippen LogP contribution < -0.4 is 4.74 Å². The second-order valence-corrected chi connectivity index (χ2v) is 6.23. The van der Waals surface area contributed by atoms with Gasteiger partial charge in [-0.15, -0.1) is 0 Å². The molecule has 21 heavy (non-hydrogen) atoms. The van der Waals surface area contributed by atoms with E-state index >= 15 is 0 Å². The minimum Gasteiger partial charge on any atom is -0.492 e. The van der Waals surface area contributed by atoms with Crippen LogP contribution in [0.5, 0.6) is 5.75 Å². The molecule has 1 aromatic carbocycles. The molecule has 0 aromatic heterocycles. The normalized spacial score (nSPS) is 18.0. The molecule has 0 radical (unpaired) electrons. The lowest BCUT2D eigenvalue weighted by Gasteiger charge is -2.21. The molecule has 0 amide bonds. The fourth-order valence-electron chi connectivity index (χ4n) is 2.65. The highest BCUT2D eigenvalue weighted by Crippen LogP contribution is 2.34. The first-order valence-electron chi connectivity index (χ1n) is 7.88. The highest BCUT2D eigenvalue weighted by atomic mass is 16.5. The van der Waals surface area contributed by atoms with E-state index in [4.69, 9.17) is 9.84 Å². The van der Waals surface area contributed by atoms with Gasteiger partial charge in [0.25, 0.3) is 0 Å². The van der Waals surface area contributed by atoms with E-state index < -0.39 is 5.97 Å². The summed E-state index contributed by atoms with van der Waals surface area (Å²) in [6, 6.07) is 8.17. The Labute approximate surface area is 125 Å². The number of benzene rings is 1. The van der Waals surface area contributed by atoms with Gasteiger partial charge in [0.15, 0.2) is 0 Å². The maximum Gasteiger partial charge on any atom is 0.307 e. The lowest BCUT2D eigenvalue weighted by molar-refractivity contribution is -0.136. The smallest absolute Gasteiger partial charge is 0.307 e. The fourth-order valence-corrected chi connectivity index (χ4v) is 2.65. The number of ether oxygens (including phenoxy) is 1. The molecule has 0 saturated heterocycles. The first kappa shape index (κ1) is 14.4. The van der Waals surface area contributed by atoms with Gasteiger partial charge >= 0.3 is 5.97 Å². The van der Waals surface area contributed by atoms with Crippen molar-refractivity contribution in [1.82, 2.24) is 4.90 Å². The van der Waals surface area contributed by atoms with Crippen LogP contribution in [-0.2, 0) is 11.2 Å². The predicted molar refractivity (Wildman–Crippen MR) is 80.6 cm³/mol. The molecule has 4 nitrogen and oxygen atoms in total. The van der Waals surface area contributed by atoms with Gasteiger partial charge in [0.2, 0.25) is 0 Å². The molecule has 0 bridgehead atoms. The summed E-state index contributed by atoms with van der Waals surface area (Å²) in [5.74, 6) is 0.955. The van der Waals surface area contributed by atoms with E-state index in [-0.39, 0.29) is 6.42 Å². The van der Waals surface area contributed by atoms with Crippen LogP contribution >= 0.6 is 0 Å². The highest BCUT2D eigenvalue weighted by molar-refractivity contribution is 5.70. The average Bonchev–Trinajstić information content (AvgIpc) is 3.33. The molecule has 114 valence electrons. The molecular formula is C17H23NO3. The van der Waals surface area contributed by atoms with Gasteiger partial charge < -0.3 is 9.84 Å². The fraction of sp³-hybridized carbons (Fsp3) is 0.588. The molecule has 2 aliphatic carbocycles. The topological polar surface area (TPSA) is 49.8 Å². The zero-order valence-corrected chi connectivity index (χ0v) is 12.3. The van der Waals surface area contributed by atoms with E-state index in [1.165, 1.54) is 32.2 Å². The second kappa shape index (κ2) is 6.48. The zero-order valence-electron chi connectivity index (χ0n) is 12.3. The molecule has 2 fully saturated rings. The van der Waals surface area contributed by atoms with Gasteiger partial charge in [-0.3, -0.25) is 9.69 Å². The Balaban J connectivity index is 1.42. The van der Waals surface area contributed by atoms with Gasteiger partial charge in [-0.05, 0) is 49.3 Å². The molecule has 0 heterocycles. The van der Waals surface area contributed by atoms with Gasteiger partial charge in [-0.1, -0.05) is 12.1 Å². The van der Waals surface area contributed by atoms with E-state index in [0.29, 0.717) is 6.61 Å². The largest absolute Gasteiger partial charge is 0.492 e. The lowest BCUT2D eigenvalue weighted by Crippen LogP contribution is -2.32. The van der Waals surface area contributed by atoms with Crippen LogP contribution in [0.1, 0.15) is 31.2 Å². The number of rotatable bonds is 9. The Morgan fingerprint density at radius 3 is 2.48 bits per heavy atom. The number of aliphatic carboxylic acids is 1. The molecule has 1 N–H and O–H groups in total. The van der Waals surface area contributed by atoms with Crippen LogP contribution in [0.2, 0.25) is 0 Å². The van der Waals surface area contributed by atoms with Crippen molar-refractivity contribution in [3.05, 3.63) is 29.8 Å². The van der Waals surface area contributed by atoms with Gasteiger partial charge in [0, 0.05) is 19.1 Å². The van der Waals surface area contributed by atoms with E-state index in [1.54, 1.807) is 0 Å². The number of hydrogen-bond acceptors (Lipinski definition) is 3. The minimum atomic E-state index is -0.802. The van der Waals surface area contributed by atoms with E-state index in [1.807, 2.05) is 24.3 Å². The van der Waals surface area contributed by atoms with Crippen LogP contribution in [0.25, 0.3) is 0 Å². The molecule has 0 spiro atoms. The van der Waals surface area contributed by atoms with Crippen molar-refractivity contribution in [2.45, 2.75) is 38.1 Å². The molecule has 0 atom stereocenters. The average molecular weight is 289 g/mol. The van der Waals surface area contributed by atoms with Crippen molar-refractivity contribution < 1.29 is 14.6 Å². The first-order chi connectivity index (χ1) is 10.2. The Bertz CT molecular complexity index is 477. The Kier molecular flexibility index (Phi) is 4.44. The van der Waals surface area contributed by atoms with Gasteiger partial charge in [0.05, 0.1) is 6.42 Å². The van der Waals surface area contributed by atoms with Crippen molar-refractivity contribution in [1.29, 1.82) is 0 Å². The molecule has 4 heteroatoms. The first-order valence-corrected chi connectivity index (χ1v) is 7.88. The van der Waals surface area contributed by atoms with Gasteiger partial charge in [0.1, 0.15) is 12.4 Å². The van der Waals surface area contributed by atoms with Crippen LogP contribution in [-0.4, -0.2) is 41.7 Å². The van der Waals surface area contributed by atoms with Crippen LogP contribution in [0.4, 0.5) is 0 Å². The Morgan fingerprint density at radius 1 is 1.19 bits per heavy atom. The maximum atomic E-state index is 10.6. The number of carboxylic acids is 1. The SMILES string of the molecule is O=C(O)Cc1ccc(OCCN(CC2CC2)C2CC2)cc1. The molecule has 3 rings (SSSR count). The number of hydrogen-bond donors (Lipinski definition) is 1. The van der Waals surface area contributed by atoms with Crippen molar-refractivity contribution in [2.24, 2.45) is 5.92 Å². The summed E-state index contributed by atoms with van der Waals surface area (Å²) in [5.41, 5.74) is 0.809. The maximum absolute atomic E-state index is 10.6. The van der Waals surface area contributed by atoms with Crippen LogP contribution in [0, 0.1) is 5.92 Å². The zero-order chi connectivity index (χ0) is 14.7. The summed E-state index contributed by atoms with van der Waals surface area (Å²) in [7, 11) is 0. The van der Waals surface area contributed by atoms with E-state index in [2.05, 4.69) is 4.90 Å². The second-order valence-electron chi connectivity index (χ2n) is 6.23. The minimum absolute atomic E-state index is 0.0666. The van der Waals surface area contributed by atoms with Crippen molar-refractivity contribution >= 4 is 5.97 Å². The standard InChI is InChI=1S/C17H23NO3/c19-17(20)11-13-3-7-16(8-4-13)21-10-9-18(15-5-6-15)12-14-1-2-14/h3-4,7-8,14-15H,1-2,5-6,9-12H2,(H,19,20). The summed E-state index contributed by atoms with van der Waals surface area (Å²) >= 11 is 0. The Hall–Kier alpha value is -1.55. The quantitative estimate of drug-likeness (QED) is 0.759. The number of carboxylic acid groups (broad SMARTS) is 1.